The first-order valence-electron chi connectivity index (χ1n) is 6.22. The average molecular weight is 341 g/mol. The molecule has 5 heteroatoms. The van der Waals surface area contributed by atoms with E-state index in [1.807, 2.05) is 13.0 Å². The van der Waals surface area contributed by atoms with Gasteiger partial charge in [-0.15, -0.1) is 0 Å². The first-order chi connectivity index (χ1) is 10.0. The Morgan fingerprint density at radius 2 is 1.76 bits per heavy atom. The molecule has 0 bridgehead atoms. The molecule has 0 atom stereocenters. The van der Waals surface area contributed by atoms with E-state index in [2.05, 4.69) is 15.9 Å². The van der Waals surface area contributed by atoms with Gasteiger partial charge in [0.05, 0.1) is 22.4 Å². The number of aryl methyl sites for hydroxylation is 1. The first kappa shape index (κ1) is 13.5. The molecule has 1 heterocycles. The van der Waals surface area contributed by atoms with Gasteiger partial charge in [-0.1, -0.05) is 27.6 Å². The molecule has 1 aliphatic rings. The van der Waals surface area contributed by atoms with Crippen LogP contribution in [0.15, 0.2) is 40.9 Å². The van der Waals surface area contributed by atoms with Crippen LogP contribution in [0.1, 0.15) is 31.8 Å². The molecule has 0 N–H and O–H groups in total. The standard InChI is InChI=1S/C16H9BrN2O2/c1-9-2-4-12-13(6-9)16(21)19(15(12)20)14-5-3-11(17)7-10(14)8-18/h2-7H,1H3. The van der Waals surface area contributed by atoms with Crippen LogP contribution in [0.3, 0.4) is 0 Å². The van der Waals surface area contributed by atoms with Crippen molar-refractivity contribution in [3.8, 4) is 6.07 Å². The Kier molecular flexibility index (Phi) is 3.11. The van der Waals surface area contributed by atoms with E-state index in [4.69, 9.17) is 0 Å². The Labute approximate surface area is 129 Å². The summed E-state index contributed by atoms with van der Waals surface area (Å²) in [4.78, 5) is 26.0. The lowest BCUT2D eigenvalue weighted by Crippen LogP contribution is -2.30. The minimum atomic E-state index is -0.395. The SMILES string of the molecule is Cc1ccc2c(c1)C(=O)N(c1ccc(Br)cc1C#N)C2=O. The lowest BCUT2D eigenvalue weighted by atomic mass is 10.1. The van der Waals surface area contributed by atoms with Crippen LogP contribution in [0.5, 0.6) is 0 Å². The number of rotatable bonds is 1. The van der Waals surface area contributed by atoms with Gasteiger partial charge in [-0.05, 0) is 37.3 Å². The number of anilines is 1. The number of benzene rings is 2. The second-order valence-electron chi connectivity index (χ2n) is 4.77. The number of hydrogen-bond donors (Lipinski definition) is 0. The van der Waals surface area contributed by atoms with Gasteiger partial charge in [0.25, 0.3) is 11.8 Å². The van der Waals surface area contributed by atoms with Crippen LogP contribution in [0, 0.1) is 18.3 Å². The summed E-state index contributed by atoms with van der Waals surface area (Å²) in [5.41, 5.74) is 2.25. The Bertz CT molecular complexity index is 837. The van der Waals surface area contributed by atoms with Crippen LogP contribution >= 0.6 is 15.9 Å². The molecule has 0 aliphatic carbocycles. The molecular formula is C16H9BrN2O2. The highest BCUT2D eigenvalue weighted by Gasteiger charge is 2.37. The molecule has 2 aromatic carbocycles. The van der Waals surface area contributed by atoms with Gasteiger partial charge in [-0.25, -0.2) is 4.90 Å². The maximum atomic E-state index is 12.5. The molecule has 1 aliphatic heterocycles. The number of fused-ring (bicyclic) bond motifs is 1. The van der Waals surface area contributed by atoms with Gasteiger partial charge in [0.1, 0.15) is 6.07 Å². The van der Waals surface area contributed by atoms with E-state index in [0.717, 1.165) is 14.9 Å². The van der Waals surface area contributed by atoms with Gasteiger partial charge < -0.3 is 0 Å². The molecule has 0 fully saturated rings. The van der Waals surface area contributed by atoms with Crippen LogP contribution in [0.4, 0.5) is 5.69 Å². The fourth-order valence-electron chi connectivity index (χ4n) is 2.37. The third-order valence-corrected chi connectivity index (χ3v) is 3.86. The molecule has 4 nitrogen and oxygen atoms in total. The van der Waals surface area contributed by atoms with Crippen molar-refractivity contribution in [2.24, 2.45) is 0 Å². The zero-order valence-corrected chi connectivity index (χ0v) is 12.6. The third-order valence-electron chi connectivity index (χ3n) is 3.36. The van der Waals surface area contributed by atoms with Crippen LogP contribution in [0.25, 0.3) is 0 Å². The van der Waals surface area contributed by atoms with Gasteiger partial charge in [0, 0.05) is 4.47 Å². The maximum Gasteiger partial charge on any atom is 0.266 e. The van der Waals surface area contributed by atoms with Crippen molar-refractivity contribution in [1.82, 2.24) is 0 Å². The van der Waals surface area contributed by atoms with Crippen molar-refractivity contribution in [3.05, 3.63) is 63.1 Å². The third kappa shape index (κ3) is 2.05. The monoisotopic (exact) mass is 340 g/mol. The van der Waals surface area contributed by atoms with Crippen LogP contribution in [-0.2, 0) is 0 Å². The summed E-state index contributed by atoms with van der Waals surface area (Å²) in [7, 11) is 0. The van der Waals surface area contributed by atoms with E-state index < -0.39 is 11.8 Å². The quantitative estimate of drug-likeness (QED) is 0.747. The van der Waals surface area contributed by atoms with Gasteiger partial charge >= 0.3 is 0 Å². The van der Waals surface area contributed by atoms with E-state index in [1.54, 1.807) is 36.4 Å². The molecule has 0 saturated heterocycles. The van der Waals surface area contributed by atoms with E-state index in [9.17, 15) is 14.9 Å². The summed E-state index contributed by atoms with van der Waals surface area (Å²) in [5.74, 6) is -0.786. The molecule has 3 rings (SSSR count). The lowest BCUT2D eigenvalue weighted by molar-refractivity contribution is 0.0926. The predicted molar refractivity (Wildman–Crippen MR) is 81.2 cm³/mol. The molecule has 2 aromatic rings. The lowest BCUT2D eigenvalue weighted by Gasteiger charge is -2.15. The number of imide groups is 1. The van der Waals surface area contributed by atoms with E-state index in [1.165, 1.54) is 0 Å². The van der Waals surface area contributed by atoms with E-state index >= 15 is 0 Å². The number of carbonyl (C=O) groups excluding carboxylic acids is 2. The zero-order chi connectivity index (χ0) is 15.1. The molecule has 102 valence electrons. The van der Waals surface area contributed by atoms with Crippen molar-refractivity contribution in [1.29, 1.82) is 5.26 Å². The molecule has 0 spiro atoms. The van der Waals surface area contributed by atoms with E-state index in [0.29, 0.717) is 16.8 Å². The highest BCUT2D eigenvalue weighted by molar-refractivity contribution is 9.10. The smallest absolute Gasteiger partial charge is 0.266 e. The zero-order valence-electron chi connectivity index (χ0n) is 11.1. The topological polar surface area (TPSA) is 61.2 Å². The summed E-state index contributed by atoms with van der Waals surface area (Å²) in [6.45, 7) is 1.86. The Morgan fingerprint density at radius 1 is 1.05 bits per heavy atom. The van der Waals surface area contributed by atoms with Crippen LogP contribution in [-0.4, -0.2) is 11.8 Å². The number of hydrogen-bond acceptors (Lipinski definition) is 3. The highest BCUT2D eigenvalue weighted by atomic mass is 79.9. The summed E-state index contributed by atoms with van der Waals surface area (Å²) >= 11 is 3.27. The number of halogens is 1. The summed E-state index contributed by atoms with van der Waals surface area (Å²) < 4.78 is 0.718. The van der Waals surface area contributed by atoms with Crippen LogP contribution < -0.4 is 4.90 Å². The average Bonchev–Trinajstić information content (AvgIpc) is 2.71. The van der Waals surface area contributed by atoms with Crippen molar-refractivity contribution < 1.29 is 9.59 Å². The molecule has 0 radical (unpaired) electrons. The molecule has 0 unspecified atom stereocenters. The predicted octanol–water partition coefficient (Wildman–Crippen LogP) is 3.43. The molecule has 2 amide bonds. The van der Waals surface area contributed by atoms with Crippen LogP contribution in [0.2, 0.25) is 0 Å². The second-order valence-corrected chi connectivity index (χ2v) is 5.68. The number of nitrogens with zero attached hydrogens (tertiary/aromatic N) is 2. The Balaban J connectivity index is 2.17. The fraction of sp³-hybridized carbons (Fsp3) is 0.0625. The second kappa shape index (κ2) is 4.83. The van der Waals surface area contributed by atoms with Gasteiger partial charge in [0.2, 0.25) is 0 Å². The minimum Gasteiger partial charge on any atom is -0.268 e. The molecular weight excluding hydrogens is 332 g/mol. The number of amides is 2. The summed E-state index contributed by atoms with van der Waals surface area (Å²) in [5, 5.41) is 9.22. The van der Waals surface area contributed by atoms with E-state index in [-0.39, 0.29) is 5.56 Å². The molecule has 21 heavy (non-hydrogen) atoms. The van der Waals surface area contributed by atoms with Gasteiger partial charge in [0.15, 0.2) is 0 Å². The van der Waals surface area contributed by atoms with Crippen molar-refractivity contribution in [2.75, 3.05) is 4.90 Å². The minimum absolute atomic E-state index is 0.274. The van der Waals surface area contributed by atoms with Gasteiger partial charge in [-0.2, -0.15) is 5.26 Å². The summed E-state index contributed by atoms with van der Waals surface area (Å²) in [6.07, 6.45) is 0. The van der Waals surface area contributed by atoms with Gasteiger partial charge in [-0.3, -0.25) is 9.59 Å². The first-order valence-corrected chi connectivity index (χ1v) is 7.01. The molecule has 0 saturated carbocycles. The normalized spacial score (nSPS) is 13.3. The largest absolute Gasteiger partial charge is 0.268 e. The van der Waals surface area contributed by atoms with Crippen molar-refractivity contribution in [2.45, 2.75) is 6.92 Å². The van der Waals surface area contributed by atoms with Crippen molar-refractivity contribution in [3.63, 3.8) is 0 Å². The summed E-state index contributed by atoms with van der Waals surface area (Å²) in [6, 6.07) is 12.0. The number of carbonyl (C=O) groups is 2. The van der Waals surface area contributed by atoms with Crippen molar-refractivity contribution >= 4 is 33.4 Å². The fourth-order valence-corrected chi connectivity index (χ4v) is 2.73. The molecule has 0 aromatic heterocycles. The number of nitriles is 1. The Hall–Kier alpha value is -2.45. The maximum absolute atomic E-state index is 12.5. The Morgan fingerprint density at radius 3 is 2.48 bits per heavy atom. The highest BCUT2D eigenvalue weighted by Crippen LogP contribution is 2.32.